The van der Waals surface area contributed by atoms with Crippen molar-refractivity contribution < 1.29 is 9.53 Å². The van der Waals surface area contributed by atoms with E-state index in [0.29, 0.717) is 24.3 Å². The van der Waals surface area contributed by atoms with Crippen molar-refractivity contribution in [1.29, 1.82) is 0 Å². The molecule has 0 aliphatic carbocycles. The van der Waals surface area contributed by atoms with Crippen molar-refractivity contribution in [3.05, 3.63) is 59.0 Å². The smallest absolute Gasteiger partial charge is 0.251 e. The largest absolute Gasteiger partial charge is 0.378 e. The number of carbonyl (C=O) groups is 1. The third-order valence-corrected chi connectivity index (χ3v) is 6.30. The second kappa shape index (κ2) is 7.91. The van der Waals surface area contributed by atoms with E-state index < -0.39 is 5.91 Å². The number of imidazole rings is 1. The quantitative estimate of drug-likeness (QED) is 0.535. The molecule has 4 aromatic rings. The van der Waals surface area contributed by atoms with Crippen molar-refractivity contribution >= 4 is 33.5 Å². The summed E-state index contributed by atoms with van der Waals surface area (Å²) in [6, 6.07) is 12.2. The predicted octanol–water partition coefficient (Wildman–Crippen LogP) is 3.69. The van der Waals surface area contributed by atoms with Gasteiger partial charge in [0.05, 0.1) is 35.5 Å². The molecule has 164 valence electrons. The summed E-state index contributed by atoms with van der Waals surface area (Å²) in [7, 11) is 0. The fourth-order valence-corrected chi connectivity index (χ4v) is 4.78. The van der Waals surface area contributed by atoms with Gasteiger partial charge in [0.2, 0.25) is 0 Å². The fourth-order valence-electron chi connectivity index (χ4n) is 4.78. The average Bonchev–Trinajstić information content (AvgIpc) is 3.13. The molecule has 0 spiro atoms. The van der Waals surface area contributed by atoms with Gasteiger partial charge in [-0.3, -0.25) is 14.3 Å². The van der Waals surface area contributed by atoms with Gasteiger partial charge in [-0.25, -0.2) is 4.98 Å². The Bertz CT molecular complexity index is 1350. The molecule has 1 amide bonds. The van der Waals surface area contributed by atoms with Crippen LogP contribution in [-0.4, -0.2) is 46.7 Å². The molecular weight excluding hydrogens is 402 g/mol. The number of amides is 1. The molecule has 0 unspecified atom stereocenters. The van der Waals surface area contributed by atoms with Gasteiger partial charge in [-0.2, -0.15) is 0 Å². The Balaban J connectivity index is 1.87. The third kappa shape index (κ3) is 3.20. The molecule has 0 saturated carbocycles. The predicted molar refractivity (Wildman–Crippen MR) is 127 cm³/mol. The maximum atomic E-state index is 12.4. The van der Waals surface area contributed by atoms with Crippen molar-refractivity contribution in [2.75, 3.05) is 31.2 Å². The lowest BCUT2D eigenvalue weighted by Gasteiger charge is -2.29. The summed E-state index contributed by atoms with van der Waals surface area (Å²) in [4.78, 5) is 24.3. The van der Waals surface area contributed by atoms with E-state index in [1.165, 1.54) is 5.56 Å². The van der Waals surface area contributed by atoms with Crippen molar-refractivity contribution in [2.45, 2.75) is 27.2 Å². The van der Waals surface area contributed by atoms with Crippen molar-refractivity contribution in [3.63, 3.8) is 0 Å². The monoisotopic (exact) mass is 429 g/mol. The van der Waals surface area contributed by atoms with Crippen LogP contribution in [0.2, 0.25) is 0 Å². The molecule has 3 heterocycles. The number of pyridine rings is 1. The number of rotatable bonds is 4. The number of aryl methyl sites for hydroxylation is 2. The van der Waals surface area contributed by atoms with Gasteiger partial charge in [0, 0.05) is 29.9 Å². The lowest BCUT2D eigenvalue weighted by molar-refractivity contribution is 0.100. The number of carbonyl (C=O) groups excluding carboxylic acids is 1. The number of anilines is 1. The lowest BCUT2D eigenvalue weighted by atomic mass is 10.0. The number of ether oxygens (including phenoxy) is 1. The molecule has 5 rings (SSSR count). The van der Waals surface area contributed by atoms with Crippen LogP contribution in [0.3, 0.4) is 0 Å². The summed E-state index contributed by atoms with van der Waals surface area (Å²) in [5, 5.41) is 1.06. The SMILES string of the molecule is CCc1c(C)nc2ccccc2c1-n1c(C)nc2c(C(N)=O)cc(N3CCOCC3)cc21. The number of primary amides is 1. The number of hydrogen-bond donors (Lipinski definition) is 1. The van der Waals surface area contributed by atoms with Crippen LogP contribution in [0.4, 0.5) is 5.69 Å². The molecule has 0 radical (unpaired) electrons. The number of hydrogen-bond acceptors (Lipinski definition) is 5. The molecule has 1 fully saturated rings. The number of aromatic nitrogens is 3. The summed E-state index contributed by atoms with van der Waals surface area (Å²) >= 11 is 0. The molecule has 2 aromatic carbocycles. The molecule has 1 saturated heterocycles. The molecule has 1 aliphatic heterocycles. The Morgan fingerprint density at radius 1 is 1.12 bits per heavy atom. The first-order valence-corrected chi connectivity index (χ1v) is 11.0. The summed E-state index contributed by atoms with van der Waals surface area (Å²) < 4.78 is 7.69. The second-order valence-corrected chi connectivity index (χ2v) is 8.21. The molecule has 0 bridgehead atoms. The minimum atomic E-state index is -0.471. The zero-order chi connectivity index (χ0) is 22.4. The molecule has 2 aromatic heterocycles. The summed E-state index contributed by atoms with van der Waals surface area (Å²) in [6.07, 6.45) is 0.837. The van der Waals surface area contributed by atoms with E-state index in [0.717, 1.165) is 58.8 Å². The Morgan fingerprint density at radius 3 is 2.59 bits per heavy atom. The van der Waals surface area contributed by atoms with Crippen LogP contribution < -0.4 is 10.6 Å². The molecule has 0 atom stereocenters. The Kier molecular flexibility index (Phi) is 5.06. The first-order chi connectivity index (χ1) is 15.5. The van der Waals surface area contributed by atoms with Crippen LogP contribution >= 0.6 is 0 Å². The molecule has 7 nitrogen and oxygen atoms in total. The summed E-state index contributed by atoms with van der Waals surface area (Å²) in [5.74, 6) is 0.341. The van der Waals surface area contributed by atoms with Gasteiger partial charge < -0.3 is 15.4 Å². The van der Waals surface area contributed by atoms with Crippen LogP contribution in [0.15, 0.2) is 36.4 Å². The second-order valence-electron chi connectivity index (χ2n) is 8.21. The van der Waals surface area contributed by atoms with Gasteiger partial charge in [-0.05, 0) is 44.0 Å². The van der Waals surface area contributed by atoms with Gasteiger partial charge in [0.15, 0.2) is 0 Å². The molecule has 7 heteroatoms. The topological polar surface area (TPSA) is 86.3 Å². The Labute approximate surface area is 186 Å². The van der Waals surface area contributed by atoms with Gasteiger partial charge in [-0.15, -0.1) is 0 Å². The highest BCUT2D eigenvalue weighted by atomic mass is 16.5. The summed E-state index contributed by atoms with van der Waals surface area (Å²) in [6.45, 7) is 9.04. The lowest BCUT2D eigenvalue weighted by Crippen LogP contribution is -2.36. The van der Waals surface area contributed by atoms with Crippen LogP contribution in [0.25, 0.3) is 27.6 Å². The van der Waals surface area contributed by atoms with Crippen molar-refractivity contribution in [2.24, 2.45) is 5.73 Å². The first-order valence-electron chi connectivity index (χ1n) is 11.0. The Hall–Kier alpha value is -3.45. The first kappa shape index (κ1) is 20.5. The van der Waals surface area contributed by atoms with Gasteiger partial charge >= 0.3 is 0 Å². The van der Waals surface area contributed by atoms with Crippen molar-refractivity contribution in [1.82, 2.24) is 14.5 Å². The van der Waals surface area contributed by atoms with Crippen LogP contribution in [0.5, 0.6) is 0 Å². The zero-order valence-corrected chi connectivity index (χ0v) is 18.7. The number of nitrogens with two attached hydrogens (primary N) is 1. The molecule has 1 aliphatic rings. The molecular formula is C25H27N5O2. The highest BCUT2D eigenvalue weighted by molar-refractivity contribution is 6.06. The Morgan fingerprint density at radius 2 is 1.88 bits per heavy atom. The van der Waals surface area contributed by atoms with Crippen LogP contribution in [0.1, 0.15) is 34.4 Å². The van der Waals surface area contributed by atoms with E-state index in [4.69, 9.17) is 20.4 Å². The van der Waals surface area contributed by atoms with E-state index in [9.17, 15) is 4.79 Å². The number of morpholine rings is 1. The maximum absolute atomic E-state index is 12.4. The molecule has 32 heavy (non-hydrogen) atoms. The van der Waals surface area contributed by atoms with Gasteiger partial charge in [0.25, 0.3) is 5.91 Å². The average molecular weight is 430 g/mol. The van der Waals surface area contributed by atoms with Gasteiger partial charge in [-0.1, -0.05) is 25.1 Å². The number of para-hydroxylation sites is 1. The van der Waals surface area contributed by atoms with Gasteiger partial charge in [0.1, 0.15) is 11.3 Å². The van der Waals surface area contributed by atoms with E-state index in [1.54, 1.807) is 0 Å². The molecule has 2 N–H and O–H groups in total. The normalized spacial score (nSPS) is 14.4. The van der Waals surface area contributed by atoms with Crippen LogP contribution in [-0.2, 0) is 11.2 Å². The number of nitrogens with zero attached hydrogens (tertiary/aromatic N) is 4. The number of benzene rings is 2. The minimum absolute atomic E-state index is 0.443. The van der Waals surface area contributed by atoms with E-state index >= 15 is 0 Å². The minimum Gasteiger partial charge on any atom is -0.378 e. The van der Waals surface area contributed by atoms with E-state index in [1.807, 2.05) is 31.2 Å². The maximum Gasteiger partial charge on any atom is 0.251 e. The van der Waals surface area contributed by atoms with Crippen molar-refractivity contribution in [3.8, 4) is 5.69 Å². The standard InChI is InChI=1S/C25H27N5O2/c1-4-18-15(2)27-21-8-6-5-7-19(21)24(18)30-16(3)28-23-20(25(26)31)13-17(14-22(23)30)29-9-11-32-12-10-29/h5-8,13-14H,4,9-12H2,1-3H3,(H2,26,31). The summed E-state index contributed by atoms with van der Waals surface area (Å²) in [5.41, 5.74) is 12.9. The highest BCUT2D eigenvalue weighted by Crippen LogP contribution is 2.34. The van der Waals surface area contributed by atoms with E-state index in [2.05, 4.69) is 35.4 Å². The number of fused-ring (bicyclic) bond motifs is 2. The third-order valence-electron chi connectivity index (χ3n) is 6.30. The van der Waals surface area contributed by atoms with E-state index in [-0.39, 0.29) is 0 Å². The highest BCUT2D eigenvalue weighted by Gasteiger charge is 2.23. The van der Waals surface area contributed by atoms with Crippen LogP contribution in [0, 0.1) is 13.8 Å². The zero-order valence-electron chi connectivity index (χ0n) is 18.7. The fraction of sp³-hybridized carbons (Fsp3) is 0.320.